The van der Waals surface area contributed by atoms with Crippen molar-refractivity contribution in [2.45, 2.75) is 19.9 Å². The van der Waals surface area contributed by atoms with Crippen molar-refractivity contribution in [3.8, 4) is 0 Å². The third-order valence-corrected chi connectivity index (χ3v) is 5.40. The van der Waals surface area contributed by atoms with Crippen LogP contribution in [0.25, 0.3) is 10.9 Å². The summed E-state index contributed by atoms with van der Waals surface area (Å²) >= 11 is 0. The number of aromatic amines is 1. The number of fused-ring (bicyclic) bond motifs is 1. The quantitative estimate of drug-likeness (QED) is 0.792. The normalized spacial score (nSPS) is 17.8. The van der Waals surface area contributed by atoms with E-state index >= 15 is 0 Å². The third kappa shape index (κ3) is 3.08. The van der Waals surface area contributed by atoms with Crippen LogP contribution in [0.15, 0.2) is 48.7 Å². The average Bonchev–Trinajstić information content (AvgIpc) is 3.00. The summed E-state index contributed by atoms with van der Waals surface area (Å²) in [7, 11) is 0. The van der Waals surface area contributed by atoms with Crippen LogP contribution in [0.3, 0.4) is 0 Å². The third-order valence-electron chi connectivity index (χ3n) is 5.40. The molecule has 4 rings (SSSR count). The van der Waals surface area contributed by atoms with Crippen LogP contribution < -0.4 is 0 Å². The largest absolute Gasteiger partial charge is 0.358 e. The highest BCUT2D eigenvalue weighted by Gasteiger charge is 2.30. The van der Waals surface area contributed by atoms with Crippen LogP contribution in [0, 0.1) is 6.92 Å². The fourth-order valence-electron chi connectivity index (χ4n) is 4.04. The summed E-state index contributed by atoms with van der Waals surface area (Å²) in [5.74, 6) is 0. The van der Waals surface area contributed by atoms with E-state index in [1.807, 2.05) is 12.3 Å². The highest BCUT2D eigenvalue weighted by molar-refractivity contribution is 5.85. The maximum Gasteiger partial charge on any atom is 0.0800 e. The van der Waals surface area contributed by atoms with Gasteiger partial charge < -0.3 is 9.88 Å². The van der Waals surface area contributed by atoms with Gasteiger partial charge in [-0.05, 0) is 31.7 Å². The molecular formula is C21H26N4. The first-order chi connectivity index (χ1) is 12.3. The van der Waals surface area contributed by atoms with E-state index in [1.165, 1.54) is 22.2 Å². The van der Waals surface area contributed by atoms with E-state index in [0.717, 1.165) is 38.4 Å². The minimum Gasteiger partial charge on any atom is -0.358 e. The van der Waals surface area contributed by atoms with Gasteiger partial charge in [0, 0.05) is 54.5 Å². The Hall–Kier alpha value is -2.17. The molecule has 2 aromatic heterocycles. The van der Waals surface area contributed by atoms with Crippen molar-refractivity contribution in [2.24, 2.45) is 0 Å². The smallest absolute Gasteiger partial charge is 0.0800 e. The Morgan fingerprint density at radius 3 is 2.52 bits per heavy atom. The summed E-state index contributed by atoms with van der Waals surface area (Å²) in [4.78, 5) is 13.4. The van der Waals surface area contributed by atoms with Crippen LogP contribution in [0.5, 0.6) is 0 Å². The van der Waals surface area contributed by atoms with Crippen molar-refractivity contribution >= 4 is 10.9 Å². The predicted molar refractivity (Wildman–Crippen MR) is 103 cm³/mol. The van der Waals surface area contributed by atoms with Gasteiger partial charge in [0.2, 0.25) is 0 Å². The van der Waals surface area contributed by atoms with E-state index in [-0.39, 0.29) is 6.04 Å². The van der Waals surface area contributed by atoms with E-state index in [2.05, 4.69) is 65.0 Å². The predicted octanol–water partition coefficient (Wildman–Crippen LogP) is 3.60. The Labute approximate surface area is 149 Å². The molecule has 1 aliphatic rings. The molecule has 0 radical (unpaired) electrons. The summed E-state index contributed by atoms with van der Waals surface area (Å²) in [5.41, 5.74) is 4.97. The number of hydrogen-bond acceptors (Lipinski definition) is 3. The molecule has 0 bridgehead atoms. The lowest BCUT2D eigenvalue weighted by Crippen LogP contribution is -2.47. The number of nitrogens with one attached hydrogen (secondary N) is 1. The molecule has 4 nitrogen and oxygen atoms in total. The molecule has 1 fully saturated rings. The molecule has 1 N–H and O–H groups in total. The summed E-state index contributed by atoms with van der Waals surface area (Å²) < 4.78 is 0. The number of rotatable bonds is 4. The van der Waals surface area contributed by atoms with E-state index in [1.54, 1.807) is 0 Å². The number of para-hydroxylation sites is 1. The number of aryl methyl sites for hydroxylation is 1. The minimum absolute atomic E-state index is 0.205. The number of pyridine rings is 1. The van der Waals surface area contributed by atoms with Gasteiger partial charge in [0.05, 0.1) is 11.7 Å². The number of H-pyrrole nitrogens is 1. The van der Waals surface area contributed by atoms with Crippen LogP contribution in [0.1, 0.15) is 29.9 Å². The number of benzene rings is 1. The zero-order valence-corrected chi connectivity index (χ0v) is 15.1. The lowest BCUT2D eigenvalue weighted by atomic mass is 9.97. The van der Waals surface area contributed by atoms with Crippen molar-refractivity contribution in [3.63, 3.8) is 0 Å². The molecule has 1 aromatic carbocycles. The van der Waals surface area contributed by atoms with Gasteiger partial charge in [0.15, 0.2) is 0 Å². The zero-order valence-electron chi connectivity index (χ0n) is 15.1. The molecule has 1 saturated heterocycles. The van der Waals surface area contributed by atoms with Crippen molar-refractivity contribution in [3.05, 3.63) is 65.6 Å². The average molecular weight is 334 g/mol. The zero-order chi connectivity index (χ0) is 17.2. The molecule has 130 valence electrons. The summed E-state index contributed by atoms with van der Waals surface area (Å²) in [5, 5.41) is 1.31. The molecule has 4 heteroatoms. The molecule has 1 aliphatic heterocycles. The second-order valence-electron chi connectivity index (χ2n) is 6.84. The van der Waals surface area contributed by atoms with E-state index < -0.39 is 0 Å². The van der Waals surface area contributed by atoms with Crippen LogP contribution in [0.4, 0.5) is 0 Å². The number of aromatic nitrogens is 2. The molecule has 0 spiro atoms. The molecule has 1 unspecified atom stereocenters. The van der Waals surface area contributed by atoms with Gasteiger partial charge in [0.25, 0.3) is 0 Å². The second-order valence-corrected chi connectivity index (χ2v) is 6.84. The fourth-order valence-corrected chi connectivity index (χ4v) is 4.04. The van der Waals surface area contributed by atoms with Crippen molar-refractivity contribution < 1.29 is 0 Å². The highest BCUT2D eigenvalue weighted by Crippen LogP contribution is 2.35. The van der Waals surface area contributed by atoms with Crippen molar-refractivity contribution in [2.75, 3.05) is 32.7 Å². The highest BCUT2D eigenvalue weighted by atomic mass is 15.3. The minimum atomic E-state index is 0.205. The molecule has 0 amide bonds. The maximum atomic E-state index is 4.73. The molecule has 1 atom stereocenters. The lowest BCUT2D eigenvalue weighted by molar-refractivity contribution is 0.112. The standard InChI is InChI=1S/C21H26N4/c1-3-24-12-14-25(15-13-24)21(19-10-6-7-11-22-19)20-16(2)23-18-9-5-4-8-17(18)20/h4-11,21,23H,3,12-15H2,1-2H3. The number of hydrogen-bond donors (Lipinski definition) is 1. The summed E-state index contributed by atoms with van der Waals surface area (Å²) in [6, 6.07) is 15.1. The van der Waals surface area contributed by atoms with Gasteiger partial charge >= 0.3 is 0 Å². The van der Waals surface area contributed by atoms with Gasteiger partial charge in [-0.15, -0.1) is 0 Å². The van der Waals surface area contributed by atoms with Crippen LogP contribution >= 0.6 is 0 Å². The maximum absolute atomic E-state index is 4.73. The first-order valence-electron chi connectivity index (χ1n) is 9.22. The van der Waals surface area contributed by atoms with Gasteiger partial charge in [-0.25, -0.2) is 0 Å². The van der Waals surface area contributed by atoms with Crippen molar-refractivity contribution in [1.82, 2.24) is 19.8 Å². The summed E-state index contributed by atoms with van der Waals surface area (Å²) in [6.45, 7) is 9.97. The lowest BCUT2D eigenvalue weighted by Gasteiger charge is -2.39. The van der Waals surface area contributed by atoms with Crippen LogP contribution in [-0.2, 0) is 0 Å². The number of likely N-dealkylation sites (N-methyl/N-ethyl adjacent to an activating group) is 1. The van der Waals surface area contributed by atoms with Gasteiger partial charge in [0.1, 0.15) is 0 Å². The van der Waals surface area contributed by atoms with Gasteiger partial charge in [-0.3, -0.25) is 9.88 Å². The molecule has 25 heavy (non-hydrogen) atoms. The number of piperazine rings is 1. The van der Waals surface area contributed by atoms with Crippen LogP contribution in [0.2, 0.25) is 0 Å². The molecular weight excluding hydrogens is 308 g/mol. The molecule has 0 aliphatic carbocycles. The molecule has 0 saturated carbocycles. The first-order valence-corrected chi connectivity index (χ1v) is 9.22. The van der Waals surface area contributed by atoms with Gasteiger partial charge in [-0.2, -0.15) is 0 Å². The Morgan fingerprint density at radius 2 is 1.80 bits per heavy atom. The Morgan fingerprint density at radius 1 is 1.04 bits per heavy atom. The SMILES string of the molecule is CCN1CCN(C(c2ccccn2)c2c(C)[nH]c3ccccc23)CC1. The monoisotopic (exact) mass is 334 g/mol. The van der Waals surface area contributed by atoms with E-state index in [4.69, 9.17) is 4.98 Å². The van der Waals surface area contributed by atoms with Crippen molar-refractivity contribution in [1.29, 1.82) is 0 Å². The second kappa shape index (κ2) is 6.98. The van der Waals surface area contributed by atoms with E-state index in [0.29, 0.717) is 0 Å². The van der Waals surface area contributed by atoms with E-state index in [9.17, 15) is 0 Å². The van der Waals surface area contributed by atoms with Crippen LogP contribution in [-0.4, -0.2) is 52.5 Å². The molecule has 3 aromatic rings. The number of nitrogens with zero attached hydrogens (tertiary/aromatic N) is 3. The first kappa shape index (κ1) is 16.3. The fraction of sp³-hybridized carbons (Fsp3) is 0.381. The Balaban J connectivity index is 1.79. The Kier molecular flexibility index (Phi) is 4.55. The molecule has 3 heterocycles. The topological polar surface area (TPSA) is 35.2 Å². The Bertz CT molecular complexity index is 831. The van der Waals surface area contributed by atoms with Gasteiger partial charge in [-0.1, -0.05) is 31.2 Å². The summed E-state index contributed by atoms with van der Waals surface area (Å²) in [6.07, 6.45) is 1.91.